The molecule has 1 fully saturated rings. The van der Waals surface area contributed by atoms with E-state index in [0.29, 0.717) is 0 Å². The summed E-state index contributed by atoms with van der Waals surface area (Å²) in [5, 5.41) is 9.80. The number of cyclic esters (lactones) is 1. The zero-order chi connectivity index (χ0) is 14.7. The van der Waals surface area contributed by atoms with Gasteiger partial charge in [-0.3, -0.25) is 4.79 Å². The van der Waals surface area contributed by atoms with Gasteiger partial charge < -0.3 is 9.84 Å². The summed E-state index contributed by atoms with van der Waals surface area (Å²) in [6.45, 7) is 3.82. The lowest BCUT2D eigenvalue weighted by Gasteiger charge is -2.22. The number of aliphatic hydroxyl groups excluding tert-OH is 1. The third-order valence-corrected chi connectivity index (χ3v) is 3.48. The van der Waals surface area contributed by atoms with Crippen molar-refractivity contribution >= 4 is 12.0 Å². The highest BCUT2D eigenvalue weighted by atomic mass is 16.6. The largest absolute Gasteiger partial charge is 0.446 e. The molecule has 0 aliphatic carbocycles. The second kappa shape index (κ2) is 6.05. The number of ether oxygens (including phenoxy) is 1. The summed E-state index contributed by atoms with van der Waals surface area (Å²) in [7, 11) is 0. The van der Waals surface area contributed by atoms with Crippen LogP contribution < -0.4 is 0 Å². The molecule has 20 heavy (non-hydrogen) atoms. The number of hydrogen-bond donors (Lipinski definition) is 1. The quantitative estimate of drug-likeness (QED) is 0.915. The van der Waals surface area contributed by atoms with Crippen LogP contribution in [0.2, 0.25) is 0 Å². The molecule has 108 valence electrons. The topological polar surface area (TPSA) is 66.8 Å². The summed E-state index contributed by atoms with van der Waals surface area (Å²) in [5.74, 6) is -0.435. The Morgan fingerprint density at radius 2 is 2.05 bits per heavy atom. The van der Waals surface area contributed by atoms with Crippen LogP contribution in [0.3, 0.4) is 0 Å². The van der Waals surface area contributed by atoms with Crippen LogP contribution in [0.1, 0.15) is 31.9 Å². The Bertz CT molecular complexity index is 486. The van der Waals surface area contributed by atoms with Gasteiger partial charge in [-0.25, -0.2) is 9.69 Å². The summed E-state index contributed by atoms with van der Waals surface area (Å²) in [4.78, 5) is 25.1. The van der Waals surface area contributed by atoms with E-state index in [1.54, 1.807) is 0 Å². The monoisotopic (exact) mass is 277 g/mol. The van der Waals surface area contributed by atoms with Gasteiger partial charge in [-0.15, -0.1) is 0 Å². The van der Waals surface area contributed by atoms with Gasteiger partial charge >= 0.3 is 6.09 Å². The molecule has 5 heteroatoms. The Morgan fingerprint density at radius 3 is 2.65 bits per heavy atom. The van der Waals surface area contributed by atoms with Crippen molar-refractivity contribution in [1.82, 2.24) is 4.90 Å². The Balaban J connectivity index is 2.15. The molecular formula is C15H19NO4. The van der Waals surface area contributed by atoms with Crippen LogP contribution >= 0.6 is 0 Å². The van der Waals surface area contributed by atoms with Crippen LogP contribution in [-0.2, 0) is 9.53 Å². The van der Waals surface area contributed by atoms with Crippen molar-refractivity contribution < 1.29 is 19.4 Å². The Labute approximate surface area is 118 Å². The third kappa shape index (κ3) is 2.99. The van der Waals surface area contributed by atoms with Crippen molar-refractivity contribution in [2.45, 2.75) is 32.4 Å². The molecule has 1 aliphatic rings. The van der Waals surface area contributed by atoms with Gasteiger partial charge in [-0.05, 0) is 11.5 Å². The van der Waals surface area contributed by atoms with Crippen LogP contribution in [0.5, 0.6) is 0 Å². The van der Waals surface area contributed by atoms with Crippen molar-refractivity contribution in [2.75, 3.05) is 6.61 Å². The molecule has 2 atom stereocenters. The molecule has 5 nitrogen and oxygen atoms in total. The van der Waals surface area contributed by atoms with Gasteiger partial charge in [-0.2, -0.15) is 0 Å². The van der Waals surface area contributed by atoms with Crippen molar-refractivity contribution in [3.63, 3.8) is 0 Å². The lowest BCUT2D eigenvalue weighted by atomic mass is 10.0. The molecule has 0 saturated carbocycles. The van der Waals surface area contributed by atoms with Crippen LogP contribution in [-0.4, -0.2) is 34.7 Å². The number of hydrogen-bond acceptors (Lipinski definition) is 4. The molecule has 2 amide bonds. The molecular weight excluding hydrogens is 258 g/mol. The Hall–Kier alpha value is -1.88. The van der Waals surface area contributed by atoms with Crippen LogP contribution in [0.25, 0.3) is 0 Å². The number of rotatable bonds is 4. The van der Waals surface area contributed by atoms with E-state index >= 15 is 0 Å². The van der Waals surface area contributed by atoms with E-state index in [9.17, 15) is 14.7 Å². The SMILES string of the molecule is CC(C)[C@H](O)CC(=O)N1C(=O)OC[C@@H]1c1ccccc1. The maximum atomic E-state index is 12.2. The molecule has 1 N–H and O–H groups in total. The maximum absolute atomic E-state index is 12.2. The van der Waals surface area contributed by atoms with E-state index < -0.39 is 24.1 Å². The zero-order valence-corrected chi connectivity index (χ0v) is 11.7. The van der Waals surface area contributed by atoms with E-state index in [0.717, 1.165) is 10.5 Å². The number of benzene rings is 1. The van der Waals surface area contributed by atoms with Crippen molar-refractivity contribution in [3.05, 3.63) is 35.9 Å². The molecule has 1 aromatic rings. The molecule has 1 aliphatic heterocycles. The Kier molecular flexibility index (Phi) is 4.39. The first kappa shape index (κ1) is 14.5. The van der Waals surface area contributed by atoms with E-state index in [-0.39, 0.29) is 18.9 Å². The van der Waals surface area contributed by atoms with E-state index in [1.807, 2.05) is 44.2 Å². The summed E-state index contributed by atoms with van der Waals surface area (Å²) >= 11 is 0. The molecule has 0 unspecified atom stereocenters. The number of imide groups is 1. The summed E-state index contributed by atoms with van der Waals surface area (Å²) in [5.41, 5.74) is 0.853. The Morgan fingerprint density at radius 1 is 1.40 bits per heavy atom. The molecule has 1 heterocycles. The average Bonchev–Trinajstić information content (AvgIpc) is 2.81. The van der Waals surface area contributed by atoms with E-state index in [4.69, 9.17) is 4.74 Å². The predicted molar refractivity (Wildman–Crippen MR) is 72.8 cm³/mol. The fraction of sp³-hybridized carbons (Fsp3) is 0.467. The van der Waals surface area contributed by atoms with Crippen LogP contribution in [0.15, 0.2) is 30.3 Å². The molecule has 0 spiro atoms. The van der Waals surface area contributed by atoms with Crippen molar-refractivity contribution in [1.29, 1.82) is 0 Å². The first-order valence-corrected chi connectivity index (χ1v) is 6.72. The molecule has 1 aromatic carbocycles. The van der Waals surface area contributed by atoms with Gasteiger partial charge in [-0.1, -0.05) is 44.2 Å². The standard InChI is InChI=1S/C15H19NO4/c1-10(2)13(17)8-14(18)16-12(9-20-15(16)19)11-6-4-3-5-7-11/h3-7,10,12-13,17H,8-9H2,1-2H3/t12-,13-/m1/s1. The molecule has 2 rings (SSSR count). The molecule has 0 radical (unpaired) electrons. The minimum atomic E-state index is -0.757. The first-order valence-electron chi connectivity index (χ1n) is 6.72. The lowest BCUT2D eigenvalue weighted by molar-refractivity contribution is -0.131. The van der Waals surface area contributed by atoms with Gasteiger partial charge in [0.2, 0.25) is 5.91 Å². The zero-order valence-electron chi connectivity index (χ0n) is 11.7. The van der Waals surface area contributed by atoms with Crippen molar-refractivity contribution in [3.8, 4) is 0 Å². The predicted octanol–water partition coefficient (Wildman–Crippen LogP) is 2.11. The highest BCUT2D eigenvalue weighted by Crippen LogP contribution is 2.28. The van der Waals surface area contributed by atoms with E-state index in [2.05, 4.69) is 0 Å². The van der Waals surface area contributed by atoms with Crippen LogP contribution in [0.4, 0.5) is 4.79 Å². The summed E-state index contributed by atoms with van der Waals surface area (Å²) < 4.78 is 4.98. The number of aliphatic hydroxyl groups is 1. The van der Waals surface area contributed by atoms with Gasteiger partial charge in [0.25, 0.3) is 0 Å². The van der Waals surface area contributed by atoms with Gasteiger partial charge in [0, 0.05) is 0 Å². The second-order valence-corrected chi connectivity index (χ2v) is 5.28. The van der Waals surface area contributed by atoms with Gasteiger partial charge in [0.05, 0.1) is 12.5 Å². The number of carbonyl (C=O) groups excluding carboxylic acids is 2. The summed E-state index contributed by atoms with van der Waals surface area (Å²) in [6.07, 6.45) is -1.47. The second-order valence-electron chi connectivity index (χ2n) is 5.28. The molecule has 0 bridgehead atoms. The molecule has 1 saturated heterocycles. The minimum absolute atomic E-state index is 0.0345. The number of amides is 2. The molecule has 0 aromatic heterocycles. The fourth-order valence-corrected chi connectivity index (χ4v) is 2.13. The number of carbonyl (C=O) groups is 2. The maximum Gasteiger partial charge on any atom is 0.417 e. The third-order valence-electron chi connectivity index (χ3n) is 3.48. The smallest absolute Gasteiger partial charge is 0.417 e. The van der Waals surface area contributed by atoms with Gasteiger partial charge in [0.15, 0.2) is 0 Å². The first-order chi connectivity index (χ1) is 9.50. The summed E-state index contributed by atoms with van der Waals surface area (Å²) in [6, 6.07) is 8.87. The fourth-order valence-electron chi connectivity index (χ4n) is 2.13. The van der Waals surface area contributed by atoms with Gasteiger partial charge in [0.1, 0.15) is 12.6 Å². The normalized spacial score (nSPS) is 20.1. The average molecular weight is 277 g/mol. The van der Waals surface area contributed by atoms with E-state index in [1.165, 1.54) is 0 Å². The highest BCUT2D eigenvalue weighted by Gasteiger charge is 2.39. The van der Waals surface area contributed by atoms with Crippen molar-refractivity contribution in [2.24, 2.45) is 5.92 Å². The highest BCUT2D eigenvalue weighted by molar-refractivity contribution is 5.93. The number of nitrogens with zero attached hydrogens (tertiary/aromatic N) is 1. The van der Waals surface area contributed by atoms with Crippen LogP contribution in [0, 0.1) is 5.92 Å². The lowest BCUT2D eigenvalue weighted by Crippen LogP contribution is -2.37. The minimum Gasteiger partial charge on any atom is -0.446 e.